The molecule has 31 heavy (non-hydrogen) atoms. The van der Waals surface area contributed by atoms with Crippen LogP contribution in [0.5, 0.6) is 0 Å². The molecular weight excluding hydrogens is 425 g/mol. The van der Waals surface area contributed by atoms with Crippen molar-refractivity contribution in [1.82, 2.24) is 15.3 Å². The fourth-order valence-electron chi connectivity index (χ4n) is 3.07. The summed E-state index contributed by atoms with van der Waals surface area (Å²) in [5, 5.41) is 22.7. The second-order valence-electron chi connectivity index (χ2n) is 7.78. The molecule has 164 valence electrons. The van der Waals surface area contributed by atoms with Gasteiger partial charge in [0.2, 0.25) is 0 Å². The molecule has 8 nitrogen and oxygen atoms in total. The van der Waals surface area contributed by atoms with E-state index in [-0.39, 0.29) is 37.0 Å². The molecule has 3 rings (SSSR count). The van der Waals surface area contributed by atoms with Crippen molar-refractivity contribution >= 4 is 26.6 Å². The number of hydroxylamine groups is 1. The Morgan fingerprint density at radius 1 is 1.42 bits per heavy atom. The Kier molecular flexibility index (Phi) is 6.37. The average molecular weight is 447 g/mol. The molecule has 1 fully saturated rings. The number of hydrogen-bond donors (Lipinski definition) is 3. The Hall–Kier alpha value is -2.92. The van der Waals surface area contributed by atoms with Gasteiger partial charge >= 0.3 is 0 Å². The average Bonchev–Trinajstić information content (AvgIpc) is 3.37. The van der Waals surface area contributed by atoms with Gasteiger partial charge in [-0.3, -0.25) is 14.7 Å². The van der Waals surface area contributed by atoms with Crippen molar-refractivity contribution in [3.05, 3.63) is 29.7 Å². The lowest BCUT2D eigenvalue weighted by Crippen LogP contribution is -2.49. The van der Waals surface area contributed by atoms with E-state index < -0.39 is 26.3 Å². The van der Waals surface area contributed by atoms with E-state index >= 15 is 0 Å². The third-order valence-corrected chi connectivity index (χ3v) is 7.56. The maximum atomic E-state index is 14.3. The predicted octanol–water partition coefficient (Wildman–Crippen LogP) is 0.857. The number of amides is 1. The zero-order chi connectivity index (χ0) is 22.8. The van der Waals surface area contributed by atoms with Crippen molar-refractivity contribution < 1.29 is 27.9 Å². The molecule has 0 spiro atoms. The molecule has 1 heterocycles. The number of aliphatic hydroxyl groups is 1. The summed E-state index contributed by atoms with van der Waals surface area (Å²) in [4.78, 5) is 11.9. The molecule has 1 amide bonds. The highest BCUT2D eigenvalue weighted by Crippen LogP contribution is 2.36. The van der Waals surface area contributed by atoms with Crippen LogP contribution in [0.15, 0.2) is 18.3 Å². The smallest absolute Gasteiger partial charge is 0.264 e. The Balaban J connectivity index is 1.78. The van der Waals surface area contributed by atoms with Crippen LogP contribution in [0.1, 0.15) is 25.3 Å². The van der Waals surface area contributed by atoms with E-state index in [1.807, 2.05) is 0 Å². The molecule has 3 atom stereocenters. The minimum atomic E-state index is -3.83. The van der Waals surface area contributed by atoms with Gasteiger partial charge in [0.1, 0.15) is 5.82 Å². The Bertz CT molecular complexity index is 1250. The van der Waals surface area contributed by atoms with Crippen LogP contribution in [0, 0.1) is 41.3 Å². The molecule has 0 bridgehead atoms. The topological polar surface area (TPSA) is 122 Å². The highest BCUT2D eigenvalue weighted by atomic mass is 32.2. The van der Waals surface area contributed by atoms with Gasteiger partial charge in [-0.25, -0.2) is 18.3 Å². The molecule has 10 heteroatoms. The van der Waals surface area contributed by atoms with Gasteiger partial charge in [-0.15, -0.1) is 0 Å². The zero-order valence-corrected chi connectivity index (χ0v) is 17.8. The van der Waals surface area contributed by atoms with Crippen molar-refractivity contribution in [2.45, 2.75) is 31.1 Å². The quantitative estimate of drug-likeness (QED) is 0.343. The van der Waals surface area contributed by atoms with Gasteiger partial charge in [0.25, 0.3) is 5.91 Å². The van der Waals surface area contributed by atoms with Crippen LogP contribution in [-0.2, 0) is 21.2 Å². The third kappa shape index (κ3) is 4.88. The monoisotopic (exact) mass is 447 g/mol. The SMILES string of the molecule is C[C@@](CCn1cc2cc(C#CC#C[C@H]3C[C@@H]3CO)c(F)cc2n1)(C(=O)NO)S(C)(=O)=O. The third-order valence-electron chi connectivity index (χ3n) is 5.53. The molecule has 0 aliphatic heterocycles. The number of aliphatic hydroxyl groups excluding tert-OH is 1. The van der Waals surface area contributed by atoms with Gasteiger partial charge < -0.3 is 5.11 Å². The number of sulfone groups is 1. The number of carbonyl (C=O) groups is 1. The summed E-state index contributed by atoms with van der Waals surface area (Å²) in [7, 11) is -3.83. The second kappa shape index (κ2) is 8.67. The van der Waals surface area contributed by atoms with E-state index in [4.69, 9.17) is 10.3 Å². The fourth-order valence-corrected chi connectivity index (χ4v) is 3.92. The Morgan fingerprint density at radius 2 is 2.16 bits per heavy atom. The first-order chi connectivity index (χ1) is 14.6. The zero-order valence-electron chi connectivity index (χ0n) is 17.0. The van der Waals surface area contributed by atoms with E-state index in [2.05, 4.69) is 28.8 Å². The number of nitrogens with one attached hydrogen (secondary N) is 1. The summed E-state index contributed by atoms with van der Waals surface area (Å²) >= 11 is 0. The molecule has 1 saturated carbocycles. The van der Waals surface area contributed by atoms with Crippen molar-refractivity contribution in [2.24, 2.45) is 11.8 Å². The summed E-state index contributed by atoms with van der Waals surface area (Å²) in [5.74, 6) is 9.65. The number of hydrogen-bond acceptors (Lipinski definition) is 6. The first kappa shape index (κ1) is 22.8. The summed E-state index contributed by atoms with van der Waals surface area (Å²) in [5.41, 5.74) is 1.90. The molecule has 1 aromatic heterocycles. The molecule has 0 saturated heterocycles. The fraction of sp³-hybridized carbons (Fsp3) is 0.429. The lowest BCUT2D eigenvalue weighted by atomic mass is 10.1. The lowest BCUT2D eigenvalue weighted by molar-refractivity contribution is -0.131. The normalized spacial score (nSPS) is 19.5. The highest BCUT2D eigenvalue weighted by molar-refractivity contribution is 7.92. The standard InChI is InChI=1S/C21H22FN3O5S/c1-21(20(27)24-28,31(2,29)30)7-8-25-12-16-10-15(18(22)11-19(16)23-25)6-4-3-5-14-9-17(14)13-26/h10-12,14,17,26,28H,7-9,13H2,1-2H3,(H,24,27)/t14-,17+,21+/m0/s1. The van der Waals surface area contributed by atoms with Gasteiger partial charge in [0, 0.05) is 43.0 Å². The number of rotatable bonds is 6. The Morgan fingerprint density at radius 3 is 2.77 bits per heavy atom. The van der Waals surface area contributed by atoms with Crippen molar-refractivity contribution in [3.63, 3.8) is 0 Å². The van der Waals surface area contributed by atoms with Crippen LogP contribution in [0.3, 0.4) is 0 Å². The molecular formula is C21H22FN3O5S. The summed E-state index contributed by atoms with van der Waals surface area (Å²) < 4.78 is 38.0. The molecule has 0 unspecified atom stereocenters. The van der Waals surface area contributed by atoms with Crippen LogP contribution >= 0.6 is 0 Å². The largest absolute Gasteiger partial charge is 0.396 e. The first-order valence-electron chi connectivity index (χ1n) is 9.52. The van der Waals surface area contributed by atoms with Crippen LogP contribution in [-0.4, -0.2) is 52.0 Å². The first-order valence-corrected chi connectivity index (χ1v) is 11.4. The number of aryl methyl sites for hydroxylation is 1. The lowest BCUT2D eigenvalue weighted by Gasteiger charge is -2.24. The number of fused-ring (bicyclic) bond motifs is 1. The summed E-state index contributed by atoms with van der Waals surface area (Å²) in [6.45, 7) is 1.37. The van der Waals surface area contributed by atoms with E-state index in [9.17, 15) is 17.6 Å². The maximum absolute atomic E-state index is 14.3. The predicted molar refractivity (Wildman–Crippen MR) is 111 cm³/mol. The Labute approximate surface area is 179 Å². The summed E-state index contributed by atoms with van der Waals surface area (Å²) in [6.07, 6.45) is 3.22. The minimum absolute atomic E-state index is 0.0488. The number of carbonyl (C=O) groups excluding carboxylic acids is 1. The van der Waals surface area contributed by atoms with Gasteiger partial charge in [-0.1, -0.05) is 5.92 Å². The van der Waals surface area contributed by atoms with Crippen LogP contribution < -0.4 is 5.48 Å². The van der Waals surface area contributed by atoms with E-state index in [1.54, 1.807) is 6.20 Å². The second-order valence-corrected chi connectivity index (χ2v) is 10.2. The van der Waals surface area contributed by atoms with E-state index in [0.717, 1.165) is 12.7 Å². The van der Waals surface area contributed by atoms with E-state index in [1.165, 1.54) is 29.2 Å². The van der Waals surface area contributed by atoms with Gasteiger partial charge in [-0.2, -0.15) is 5.10 Å². The number of aromatic nitrogens is 2. The highest BCUT2D eigenvalue weighted by Gasteiger charge is 2.43. The molecule has 1 aliphatic carbocycles. The molecule has 1 aliphatic rings. The molecule has 0 radical (unpaired) electrons. The van der Waals surface area contributed by atoms with Crippen molar-refractivity contribution in [3.8, 4) is 23.7 Å². The van der Waals surface area contributed by atoms with Crippen LogP contribution in [0.25, 0.3) is 10.9 Å². The molecule has 1 aromatic carbocycles. The summed E-state index contributed by atoms with van der Waals surface area (Å²) in [6, 6.07) is 2.74. The number of nitrogens with zero attached hydrogens (tertiary/aromatic N) is 2. The molecule has 2 aromatic rings. The van der Waals surface area contributed by atoms with Gasteiger partial charge in [-0.05, 0) is 49.5 Å². The maximum Gasteiger partial charge on any atom is 0.264 e. The van der Waals surface area contributed by atoms with E-state index in [0.29, 0.717) is 10.9 Å². The van der Waals surface area contributed by atoms with Crippen LogP contribution in [0.2, 0.25) is 0 Å². The van der Waals surface area contributed by atoms with Crippen molar-refractivity contribution in [1.29, 1.82) is 0 Å². The van der Waals surface area contributed by atoms with Gasteiger partial charge in [0.15, 0.2) is 14.6 Å². The van der Waals surface area contributed by atoms with Gasteiger partial charge in [0.05, 0.1) is 11.1 Å². The number of benzene rings is 1. The van der Waals surface area contributed by atoms with Crippen LogP contribution in [0.4, 0.5) is 4.39 Å². The van der Waals surface area contributed by atoms with Crippen molar-refractivity contribution in [2.75, 3.05) is 12.9 Å². The minimum Gasteiger partial charge on any atom is -0.396 e. The number of halogens is 1. The molecule has 3 N–H and O–H groups in total.